The number of carbonyl (C=O) groups excluding carboxylic acids is 1. The summed E-state index contributed by atoms with van der Waals surface area (Å²) in [6, 6.07) is 5.92. The van der Waals surface area contributed by atoms with Gasteiger partial charge >= 0.3 is 0 Å². The van der Waals surface area contributed by atoms with Crippen LogP contribution in [-0.2, 0) is 4.79 Å². The highest BCUT2D eigenvalue weighted by molar-refractivity contribution is 5.92. The maximum atomic E-state index is 12.3. The highest BCUT2D eigenvalue weighted by atomic mass is 35.5. The van der Waals surface area contributed by atoms with Gasteiger partial charge in [-0.1, -0.05) is 6.07 Å². The van der Waals surface area contributed by atoms with Gasteiger partial charge in [-0.25, -0.2) is 0 Å². The molecule has 1 amide bonds. The monoisotopic (exact) mass is 405 g/mol. The minimum absolute atomic E-state index is 0. The molecular weight excluding hydrogens is 373 g/mol. The zero-order valence-corrected chi connectivity index (χ0v) is 17.7. The Hall–Kier alpha value is -1.01. The van der Waals surface area contributed by atoms with Gasteiger partial charge in [0.25, 0.3) is 0 Å². The fraction of sp³-hybridized carbons (Fsp3) is 0.632. The van der Waals surface area contributed by atoms with Crippen LogP contribution in [0.25, 0.3) is 0 Å². The summed E-state index contributed by atoms with van der Waals surface area (Å²) < 4.78 is 5.86. The van der Waals surface area contributed by atoms with Gasteiger partial charge in [-0.3, -0.25) is 4.79 Å². The lowest BCUT2D eigenvalue weighted by Gasteiger charge is -2.22. The van der Waals surface area contributed by atoms with Crippen LogP contribution < -0.4 is 15.4 Å². The van der Waals surface area contributed by atoms with E-state index in [2.05, 4.69) is 15.5 Å². The van der Waals surface area contributed by atoms with Crippen molar-refractivity contribution in [1.29, 1.82) is 0 Å². The number of amides is 1. The van der Waals surface area contributed by atoms with Crippen LogP contribution >= 0.6 is 24.8 Å². The lowest BCUT2D eigenvalue weighted by molar-refractivity contribution is -0.116. The molecule has 0 bridgehead atoms. The Labute approximate surface area is 170 Å². The first-order chi connectivity index (χ1) is 11.5. The van der Waals surface area contributed by atoms with Crippen molar-refractivity contribution in [1.82, 2.24) is 10.2 Å². The van der Waals surface area contributed by atoms with E-state index in [1.54, 1.807) is 0 Å². The summed E-state index contributed by atoms with van der Waals surface area (Å²) in [6.45, 7) is 5.63. The number of anilines is 1. The number of hydrogen-bond acceptors (Lipinski definition) is 4. The van der Waals surface area contributed by atoms with E-state index in [-0.39, 0.29) is 30.7 Å². The second kappa shape index (κ2) is 13.2. The van der Waals surface area contributed by atoms with E-state index in [9.17, 15) is 4.79 Å². The molecule has 5 nitrogen and oxygen atoms in total. The normalized spacial score (nSPS) is 14.3. The Morgan fingerprint density at radius 3 is 2.62 bits per heavy atom. The number of nitrogens with one attached hydrogen (secondary N) is 2. The lowest BCUT2D eigenvalue weighted by atomic mass is 9.93. The number of halogens is 2. The summed E-state index contributed by atoms with van der Waals surface area (Å²) in [6.07, 6.45) is 3.90. The number of nitrogens with zero attached hydrogens (tertiary/aromatic N) is 1. The number of benzene rings is 1. The Kier molecular flexibility index (Phi) is 12.7. The molecular formula is C19H33Cl2N3O2. The molecule has 1 aromatic carbocycles. The second-order valence-corrected chi connectivity index (χ2v) is 6.93. The molecule has 2 rings (SSSR count). The maximum Gasteiger partial charge on any atom is 0.224 e. The van der Waals surface area contributed by atoms with Gasteiger partial charge in [0.1, 0.15) is 12.4 Å². The van der Waals surface area contributed by atoms with E-state index < -0.39 is 0 Å². The zero-order valence-electron chi connectivity index (χ0n) is 16.0. The first-order valence-corrected chi connectivity index (χ1v) is 8.93. The SMILES string of the molecule is Cc1ccc(NC(=O)CCC2CCNCC2)c(OCCN(C)C)c1.Cl.Cl. The molecule has 26 heavy (non-hydrogen) atoms. The van der Waals surface area contributed by atoms with Crippen molar-refractivity contribution in [2.75, 3.05) is 45.7 Å². The highest BCUT2D eigenvalue weighted by Crippen LogP contribution is 2.26. The fourth-order valence-electron chi connectivity index (χ4n) is 2.91. The van der Waals surface area contributed by atoms with Crippen LogP contribution in [0.1, 0.15) is 31.2 Å². The third kappa shape index (κ3) is 9.08. The molecule has 150 valence electrons. The summed E-state index contributed by atoms with van der Waals surface area (Å²) >= 11 is 0. The molecule has 0 aromatic heterocycles. The number of piperidine rings is 1. The Morgan fingerprint density at radius 2 is 1.96 bits per heavy atom. The molecule has 1 aliphatic heterocycles. The molecule has 2 N–H and O–H groups in total. The molecule has 0 spiro atoms. The molecule has 1 aliphatic rings. The minimum Gasteiger partial charge on any atom is -0.490 e. The minimum atomic E-state index is 0. The molecule has 0 aliphatic carbocycles. The summed E-state index contributed by atoms with van der Waals surface area (Å²) in [7, 11) is 4.03. The van der Waals surface area contributed by atoms with Gasteiger partial charge in [-0.05, 0) is 77.0 Å². The van der Waals surface area contributed by atoms with Crippen molar-refractivity contribution < 1.29 is 9.53 Å². The average molecular weight is 406 g/mol. The second-order valence-electron chi connectivity index (χ2n) is 6.93. The summed E-state index contributed by atoms with van der Waals surface area (Å²) in [5.41, 5.74) is 1.90. The van der Waals surface area contributed by atoms with Crippen LogP contribution in [-0.4, -0.2) is 51.1 Å². The smallest absolute Gasteiger partial charge is 0.224 e. The van der Waals surface area contributed by atoms with Crippen LogP contribution in [0.2, 0.25) is 0 Å². The van der Waals surface area contributed by atoms with Gasteiger partial charge in [0, 0.05) is 13.0 Å². The standard InChI is InChI=1S/C19H31N3O2.2ClH/c1-15-4-6-17(18(14-15)24-13-12-22(2)3)21-19(23)7-5-16-8-10-20-11-9-16;;/h4,6,14,16,20H,5,7-13H2,1-3H3,(H,21,23);2*1H. The molecule has 1 heterocycles. The van der Waals surface area contributed by atoms with Crippen LogP contribution in [0, 0.1) is 12.8 Å². The average Bonchev–Trinajstić information content (AvgIpc) is 2.56. The van der Waals surface area contributed by atoms with Crippen LogP contribution in [0.4, 0.5) is 5.69 Å². The Bertz CT molecular complexity index is 536. The van der Waals surface area contributed by atoms with Gasteiger partial charge in [0.2, 0.25) is 5.91 Å². The maximum absolute atomic E-state index is 12.3. The summed E-state index contributed by atoms with van der Waals surface area (Å²) in [5.74, 6) is 1.51. The van der Waals surface area contributed by atoms with E-state index in [1.165, 1.54) is 12.8 Å². The van der Waals surface area contributed by atoms with Gasteiger partial charge < -0.3 is 20.3 Å². The number of aryl methyl sites for hydroxylation is 1. The molecule has 0 radical (unpaired) electrons. The van der Waals surface area contributed by atoms with Crippen molar-refractivity contribution in [3.05, 3.63) is 23.8 Å². The Balaban J connectivity index is 0.00000312. The quantitative estimate of drug-likeness (QED) is 0.694. The number of hydrogen-bond donors (Lipinski definition) is 2. The third-order valence-corrected chi connectivity index (χ3v) is 4.45. The van der Waals surface area contributed by atoms with Gasteiger partial charge in [-0.2, -0.15) is 0 Å². The number of likely N-dealkylation sites (N-methyl/N-ethyl adjacent to an activating group) is 1. The summed E-state index contributed by atoms with van der Waals surface area (Å²) in [4.78, 5) is 14.4. The lowest BCUT2D eigenvalue weighted by Crippen LogP contribution is -2.28. The highest BCUT2D eigenvalue weighted by Gasteiger charge is 2.15. The van der Waals surface area contributed by atoms with Crippen LogP contribution in [0.5, 0.6) is 5.75 Å². The van der Waals surface area contributed by atoms with E-state index in [0.717, 1.165) is 43.1 Å². The zero-order chi connectivity index (χ0) is 17.4. The van der Waals surface area contributed by atoms with Gasteiger partial charge in [0.05, 0.1) is 5.69 Å². The van der Waals surface area contributed by atoms with Crippen LogP contribution in [0.15, 0.2) is 18.2 Å². The van der Waals surface area contributed by atoms with Crippen molar-refractivity contribution in [2.45, 2.75) is 32.6 Å². The predicted molar refractivity (Wildman–Crippen MR) is 113 cm³/mol. The molecule has 7 heteroatoms. The van der Waals surface area contributed by atoms with Crippen molar-refractivity contribution in [2.24, 2.45) is 5.92 Å². The molecule has 1 fully saturated rings. The third-order valence-electron chi connectivity index (χ3n) is 4.45. The van der Waals surface area contributed by atoms with Gasteiger partial charge in [-0.15, -0.1) is 24.8 Å². The van der Waals surface area contributed by atoms with Gasteiger partial charge in [0.15, 0.2) is 0 Å². The molecule has 0 unspecified atom stereocenters. The summed E-state index contributed by atoms with van der Waals surface area (Å²) in [5, 5.41) is 6.38. The van der Waals surface area contributed by atoms with E-state index in [1.807, 2.05) is 39.2 Å². The van der Waals surface area contributed by atoms with Crippen molar-refractivity contribution >= 4 is 36.4 Å². The predicted octanol–water partition coefficient (Wildman–Crippen LogP) is 3.50. The van der Waals surface area contributed by atoms with E-state index >= 15 is 0 Å². The Morgan fingerprint density at radius 1 is 1.27 bits per heavy atom. The number of carbonyl (C=O) groups is 1. The van der Waals surface area contributed by atoms with E-state index in [4.69, 9.17) is 4.74 Å². The molecule has 0 atom stereocenters. The van der Waals surface area contributed by atoms with Crippen LogP contribution in [0.3, 0.4) is 0 Å². The fourth-order valence-corrected chi connectivity index (χ4v) is 2.91. The largest absolute Gasteiger partial charge is 0.490 e. The number of rotatable bonds is 8. The molecule has 0 saturated carbocycles. The van der Waals surface area contributed by atoms with Crippen molar-refractivity contribution in [3.8, 4) is 5.75 Å². The topological polar surface area (TPSA) is 53.6 Å². The number of ether oxygens (including phenoxy) is 1. The van der Waals surface area contributed by atoms with E-state index in [0.29, 0.717) is 18.9 Å². The molecule has 1 aromatic rings. The first kappa shape index (κ1) is 25.0. The molecule has 1 saturated heterocycles. The first-order valence-electron chi connectivity index (χ1n) is 8.93. The van der Waals surface area contributed by atoms with Crippen molar-refractivity contribution in [3.63, 3.8) is 0 Å².